The summed E-state index contributed by atoms with van der Waals surface area (Å²) in [5.74, 6) is 1.34. The first-order valence-corrected chi connectivity index (χ1v) is 7.47. The standard InChI is InChI=1S/C14H23O2P/c1-3-5-6-9-12(4-2)13-10-7-8-11-14(13)16-17-15/h7-8,10-12H,3-6,9,17H2,1-2H3. The molecule has 0 bridgehead atoms. The lowest BCUT2D eigenvalue weighted by molar-refractivity contribution is 0.503. The predicted molar refractivity (Wildman–Crippen MR) is 74.6 cm³/mol. The predicted octanol–water partition coefficient (Wildman–Crippen LogP) is 4.81. The minimum Gasteiger partial charge on any atom is -0.447 e. The Morgan fingerprint density at radius 3 is 2.65 bits per heavy atom. The second kappa shape index (κ2) is 8.36. The van der Waals surface area contributed by atoms with Crippen molar-refractivity contribution in [3.8, 4) is 5.75 Å². The van der Waals surface area contributed by atoms with Gasteiger partial charge in [0.05, 0.1) is 0 Å². The van der Waals surface area contributed by atoms with Gasteiger partial charge in [0.15, 0.2) is 0 Å². The van der Waals surface area contributed by atoms with Gasteiger partial charge < -0.3 is 4.52 Å². The quantitative estimate of drug-likeness (QED) is 0.491. The normalized spacial score (nSPS) is 13.1. The van der Waals surface area contributed by atoms with Crippen LogP contribution in [0.4, 0.5) is 0 Å². The van der Waals surface area contributed by atoms with E-state index in [0.29, 0.717) is 5.92 Å². The van der Waals surface area contributed by atoms with Crippen LogP contribution >= 0.6 is 8.69 Å². The van der Waals surface area contributed by atoms with Gasteiger partial charge in [-0.05, 0) is 30.4 Å². The molecule has 0 spiro atoms. The number of hydrogen-bond acceptors (Lipinski definition) is 2. The van der Waals surface area contributed by atoms with Gasteiger partial charge in [-0.15, -0.1) is 0 Å². The maximum atomic E-state index is 10.7. The first kappa shape index (κ1) is 14.3. The summed E-state index contributed by atoms with van der Waals surface area (Å²) < 4.78 is 15.9. The van der Waals surface area contributed by atoms with Gasteiger partial charge in [0.25, 0.3) is 0 Å². The van der Waals surface area contributed by atoms with Crippen molar-refractivity contribution in [1.82, 2.24) is 0 Å². The SMILES string of the molecule is CCCCCC(CC)c1ccccc1O[PH2]=O. The summed E-state index contributed by atoms with van der Waals surface area (Å²) in [7, 11) is -1.17. The smallest absolute Gasteiger partial charge is 0.225 e. The second-order valence-corrected chi connectivity index (χ2v) is 4.78. The average molecular weight is 254 g/mol. The van der Waals surface area contributed by atoms with Crippen molar-refractivity contribution in [1.29, 1.82) is 0 Å². The molecule has 1 rings (SSSR count). The van der Waals surface area contributed by atoms with Crippen molar-refractivity contribution in [2.45, 2.75) is 51.9 Å². The third kappa shape index (κ3) is 4.55. The molecule has 96 valence electrons. The largest absolute Gasteiger partial charge is 0.447 e. The fourth-order valence-electron chi connectivity index (χ4n) is 2.20. The van der Waals surface area contributed by atoms with Gasteiger partial charge in [-0.25, -0.2) is 0 Å². The lowest BCUT2D eigenvalue weighted by atomic mass is 9.90. The van der Waals surface area contributed by atoms with Crippen LogP contribution in [0.3, 0.4) is 0 Å². The number of unbranched alkanes of at least 4 members (excludes halogenated alkanes) is 2. The van der Waals surface area contributed by atoms with Crippen LogP contribution in [0.2, 0.25) is 0 Å². The Kier molecular flexibility index (Phi) is 7.04. The fraction of sp³-hybridized carbons (Fsp3) is 0.571. The Hall–Kier alpha value is -0.750. The van der Waals surface area contributed by atoms with E-state index in [1.165, 1.54) is 31.2 Å². The molecule has 0 aromatic heterocycles. The molecule has 0 radical (unpaired) electrons. The van der Waals surface area contributed by atoms with E-state index in [9.17, 15) is 4.57 Å². The van der Waals surface area contributed by atoms with Gasteiger partial charge in [0.2, 0.25) is 8.69 Å². The number of rotatable bonds is 8. The van der Waals surface area contributed by atoms with E-state index in [2.05, 4.69) is 19.9 Å². The third-order valence-electron chi connectivity index (χ3n) is 3.18. The summed E-state index contributed by atoms with van der Waals surface area (Å²) in [6.07, 6.45) is 6.09. The molecule has 2 nitrogen and oxygen atoms in total. The molecular formula is C14H23O2P. The monoisotopic (exact) mass is 254 g/mol. The summed E-state index contributed by atoms with van der Waals surface area (Å²) in [5, 5.41) is 0. The molecule has 3 heteroatoms. The van der Waals surface area contributed by atoms with Crippen molar-refractivity contribution >= 4 is 8.69 Å². The highest BCUT2D eigenvalue weighted by atomic mass is 31.1. The van der Waals surface area contributed by atoms with Crippen molar-refractivity contribution < 1.29 is 9.09 Å². The van der Waals surface area contributed by atoms with Crippen molar-refractivity contribution in [2.75, 3.05) is 0 Å². The topological polar surface area (TPSA) is 26.3 Å². The molecule has 17 heavy (non-hydrogen) atoms. The molecule has 0 saturated heterocycles. The van der Waals surface area contributed by atoms with E-state index in [1.807, 2.05) is 18.2 Å². The Morgan fingerprint density at radius 1 is 1.24 bits per heavy atom. The van der Waals surface area contributed by atoms with E-state index in [4.69, 9.17) is 4.52 Å². The minimum atomic E-state index is -1.17. The van der Waals surface area contributed by atoms with Gasteiger partial charge in [-0.1, -0.05) is 51.3 Å². The number of para-hydroxylation sites is 1. The molecule has 0 aliphatic rings. The lowest BCUT2D eigenvalue weighted by Gasteiger charge is -2.17. The van der Waals surface area contributed by atoms with Gasteiger partial charge in [0.1, 0.15) is 5.75 Å². The van der Waals surface area contributed by atoms with Crippen LogP contribution in [-0.2, 0) is 4.57 Å². The van der Waals surface area contributed by atoms with E-state index in [-0.39, 0.29) is 0 Å². The summed E-state index contributed by atoms with van der Waals surface area (Å²) in [6, 6.07) is 7.99. The summed E-state index contributed by atoms with van der Waals surface area (Å²) in [6.45, 7) is 4.43. The van der Waals surface area contributed by atoms with Gasteiger partial charge in [0, 0.05) is 0 Å². The number of hydrogen-bond donors (Lipinski definition) is 0. The molecule has 1 aromatic carbocycles. The van der Waals surface area contributed by atoms with Crippen molar-refractivity contribution in [3.05, 3.63) is 29.8 Å². The van der Waals surface area contributed by atoms with Gasteiger partial charge >= 0.3 is 0 Å². The highest BCUT2D eigenvalue weighted by Gasteiger charge is 2.13. The van der Waals surface area contributed by atoms with Crippen LogP contribution in [0.5, 0.6) is 5.75 Å². The highest BCUT2D eigenvalue weighted by molar-refractivity contribution is 7.17. The van der Waals surface area contributed by atoms with Crippen molar-refractivity contribution in [3.63, 3.8) is 0 Å². The molecule has 0 saturated carbocycles. The molecule has 0 heterocycles. The minimum absolute atomic E-state index is 0.531. The molecular weight excluding hydrogens is 231 g/mol. The zero-order valence-corrected chi connectivity index (χ0v) is 12.0. The maximum absolute atomic E-state index is 10.7. The van der Waals surface area contributed by atoms with Crippen LogP contribution in [0.15, 0.2) is 24.3 Å². The molecule has 0 aliphatic heterocycles. The van der Waals surface area contributed by atoms with E-state index < -0.39 is 8.69 Å². The highest BCUT2D eigenvalue weighted by Crippen LogP contribution is 2.33. The van der Waals surface area contributed by atoms with Crippen LogP contribution < -0.4 is 4.52 Å². The van der Waals surface area contributed by atoms with Crippen LogP contribution in [0, 0.1) is 0 Å². The zero-order chi connectivity index (χ0) is 12.5. The fourth-order valence-corrected chi connectivity index (χ4v) is 2.52. The first-order valence-electron chi connectivity index (χ1n) is 6.52. The summed E-state index contributed by atoms with van der Waals surface area (Å²) in [5.41, 5.74) is 1.22. The third-order valence-corrected chi connectivity index (χ3v) is 3.53. The van der Waals surface area contributed by atoms with Crippen LogP contribution in [-0.4, -0.2) is 0 Å². The van der Waals surface area contributed by atoms with Gasteiger partial charge in [-0.2, -0.15) is 0 Å². The molecule has 1 aromatic rings. The van der Waals surface area contributed by atoms with Crippen molar-refractivity contribution in [2.24, 2.45) is 0 Å². The van der Waals surface area contributed by atoms with Gasteiger partial charge in [-0.3, -0.25) is 4.57 Å². The molecule has 0 aliphatic carbocycles. The maximum Gasteiger partial charge on any atom is 0.225 e. The molecule has 2 atom stereocenters. The lowest BCUT2D eigenvalue weighted by Crippen LogP contribution is -1.99. The van der Waals surface area contributed by atoms with E-state index >= 15 is 0 Å². The zero-order valence-electron chi connectivity index (χ0n) is 10.8. The van der Waals surface area contributed by atoms with Crippen LogP contribution in [0.25, 0.3) is 0 Å². The second-order valence-electron chi connectivity index (χ2n) is 4.35. The molecule has 0 N–H and O–H groups in total. The molecule has 0 amide bonds. The number of benzene rings is 1. The summed E-state index contributed by atoms with van der Waals surface area (Å²) in [4.78, 5) is 0. The van der Waals surface area contributed by atoms with Crippen LogP contribution in [0.1, 0.15) is 57.4 Å². The van der Waals surface area contributed by atoms with E-state index in [1.54, 1.807) is 0 Å². The average Bonchev–Trinajstić information content (AvgIpc) is 2.36. The summed E-state index contributed by atoms with van der Waals surface area (Å²) >= 11 is 0. The Bertz CT molecular complexity index is 339. The Labute approximate surface area is 106 Å². The van der Waals surface area contributed by atoms with E-state index in [0.717, 1.165) is 12.2 Å². The Morgan fingerprint density at radius 2 is 2.00 bits per heavy atom. The molecule has 2 unspecified atom stereocenters. The first-order chi connectivity index (χ1) is 8.33. The Balaban J connectivity index is 2.75. The molecule has 0 fully saturated rings.